The summed E-state index contributed by atoms with van der Waals surface area (Å²) >= 11 is 0. The minimum absolute atomic E-state index is 0.211. The van der Waals surface area contributed by atoms with Crippen molar-refractivity contribution in [3.05, 3.63) is 77.2 Å². The highest BCUT2D eigenvalue weighted by Gasteiger charge is 2.16. The largest absolute Gasteiger partial charge is 0.271 e. The van der Waals surface area contributed by atoms with E-state index in [4.69, 9.17) is 5.84 Å². The molecule has 0 saturated heterocycles. The summed E-state index contributed by atoms with van der Waals surface area (Å²) in [5.74, 6) is 5.49. The average molecular weight is 281 g/mol. The molecule has 0 fully saturated rings. The molecule has 4 heteroatoms. The Bertz CT molecular complexity index is 769. The van der Waals surface area contributed by atoms with E-state index in [9.17, 15) is 4.39 Å². The van der Waals surface area contributed by atoms with Gasteiger partial charge in [0.15, 0.2) is 0 Å². The lowest BCUT2D eigenvalue weighted by Crippen LogP contribution is -2.29. The highest BCUT2D eigenvalue weighted by Crippen LogP contribution is 2.28. The van der Waals surface area contributed by atoms with Crippen molar-refractivity contribution in [2.24, 2.45) is 5.84 Å². The molecule has 0 radical (unpaired) electrons. The van der Waals surface area contributed by atoms with Gasteiger partial charge in [-0.25, -0.2) is 9.82 Å². The molecule has 3 aromatic rings. The lowest BCUT2D eigenvalue weighted by Gasteiger charge is -2.19. The zero-order valence-corrected chi connectivity index (χ0v) is 11.7. The van der Waals surface area contributed by atoms with Gasteiger partial charge >= 0.3 is 0 Å². The number of pyridine rings is 1. The molecule has 3 rings (SSSR count). The van der Waals surface area contributed by atoms with Crippen LogP contribution in [0.3, 0.4) is 0 Å². The van der Waals surface area contributed by atoms with Crippen LogP contribution in [0.4, 0.5) is 4.39 Å². The standard InChI is InChI=1S/C17H16FN3/c1-11-10-15(14-4-2-3-5-16(14)20-11)17(21-19)12-6-8-13(18)9-7-12/h2-10,17,21H,19H2,1H3. The zero-order valence-electron chi connectivity index (χ0n) is 11.7. The van der Waals surface area contributed by atoms with Gasteiger partial charge in [0.1, 0.15) is 5.82 Å². The van der Waals surface area contributed by atoms with E-state index < -0.39 is 0 Å². The fourth-order valence-electron chi connectivity index (χ4n) is 2.60. The second-order valence-corrected chi connectivity index (χ2v) is 5.02. The monoisotopic (exact) mass is 281 g/mol. The van der Waals surface area contributed by atoms with E-state index in [0.717, 1.165) is 27.7 Å². The molecule has 0 bridgehead atoms. The summed E-state index contributed by atoms with van der Waals surface area (Å²) in [4.78, 5) is 4.53. The smallest absolute Gasteiger partial charge is 0.123 e. The molecule has 106 valence electrons. The van der Waals surface area contributed by atoms with E-state index in [1.807, 2.05) is 37.3 Å². The van der Waals surface area contributed by atoms with E-state index in [2.05, 4.69) is 10.4 Å². The van der Waals surface area contributed by atoms with Gasteiger partial charge in [-0.05, 0) is 42.3 Å². The second-order valence-electron chi connectivity index (χ2n) is 5.02. The summed E-state index contributed by atoms with van der Waals surface area (Å²) in [6.07, 6.45) is 0. The quantitative estimate of drug-likeness (QED) is 0.572. The number of hydrogen-bond donors (Lipinski definition) is 2. The number of para-hydroxylation sites is 1. The van der Waals surface area contributed by atoms with Gasteiger partial charge in [-0.1, -0.05) is 30.3 Å². The van der Waals surface area contributed by atoms with Crippen LogP contribution >= 0.6 is 0 Å². The van der Waals surface area contributed by atoms with Crippen molar-refractivity contribution in [3.8, 4) is 0 Å². The summed E-state index contributed by atoms with van der Waals surface area (Å²) < 4.78 is 13.1. The second kappa shape index (κ2) is 5.60. The third kappa shape index (κ3) is 2.63. The van der Waals surface area contributed by atoms with E-state index in [1.54, 1.807) is 12.1 Å². The first-order chi connectivity index (χ1) is 10.2. The Balaban J connectivity index is 2.19. The Hall–Kier alpha value is -2.30. The first-order valence-electron chi connectivity index (χ1n) is 6.77. The number of nitrogens with zero attached hydrogens (tertiary/aromatic N) is 1. The molecule has 0 aliphatic rings. The van der Waals surface area contributed by atoms with Gasteiger partial charge < -0.3 is 0 Å². The van der Waals surface area contributed by atoms with Crippen molar-refractivity contribution in [2.45, 2.75) is 13.0 Å². The number of nitrogens with two attached hydrogens (primary N) is 1. The van der Waals surface area contributed by atoms with Crippen LogP contribution in [0.1, 0.15) is 22.9 Å². The number of fused-ring (bicyclic) bond motifs is 1. The van der Waals surface area contributed by atoms with Crippen LogP contribution < -0.4 is 11.3 Å². The molecule has 21 heavy (non-hydrogen) atoms. The summed E-state index contributed by atoms with van der Waals surface area (Å²) in [5, 5.41) is 1.04. The summed E-state index contributed by atoms with van der Waals surface area (Å²) in [6.45, 7) is 1.95. The van der Waals surface area contributed by atoms with Gasteiger partial charge in [0, 0.05) is 11.1 Å². The summed E-state index contributed by atoms with van der Waals surface area (Å²) in [6, 6.07) is 16.1. The van der Waals surface area contributed by atoms with E-state index in [1.165, 1.54) is 12.1 Å². The predicted molar refractivity (Wildman–Crippen MR) is 82.0 cm³/mol. The Kier molecular flexibility index (Phi) is 3.64. The van der Waals surface area contributed by atoms with Crippen LogP contribution in [-0.4, -0.2) is 4.98 Å². The maximum absolute atomic E-state index is 13.1. The minimum atomic E-state index is -0.259. The van der Waals surface area contributed by atoms with Crippen LogP contribution in [0.2, 0.25) is 0 Å². The van der Waals surface area contributed by atoms with Crippen LogP contribution in [0, 0.1) is 12.7 Å². The van der Waals surface area contributed by atoms with Gasteiger partial charge in [0.25, 0.3) is 0 Å². The maximum Gasteiger partial charge on any atom is 0.123 e. The van der Waals surface area contributed by atoms with Crippen molar-refractivity contribution in [1.29, 1.82) is 0 Å². The number of hydrogen-bond acceptors (Lipinski definition) is 3. The molecule has 1 unspecified atom stereocenters. The van der Waals surface area contributed by atoms with Crippen molar-refractivity contribution in [1.82, 2.24) is 10.4 Å². The van der Waals surface area contributed by atoms with Crippen LogP contribution in [-0.2, 0) is 0 Å². The van der Waals surface area contributed by atoms with Crippen molar-refractivity contribution >= 4 is 10.9 Å². The molecular weight excluding hydrogens is 265 g/mol. The normalized spacial score (nSPS) is 12.5. The molecule has 0 amide bonds. The number of nitrogens with one attached hydrogen (secondary N) is 1. The van der Waals surface area contributed by atoms with E-state index in [0.29, 0.717) is 0 Å². The molecule has 0 aliphatic heterocycles. The maximum atomic E-state index is 13.1. The zero-order chi connectivity index (χ0) is 14.8. The molecule has 1 atom stereocenters. The third-order valence-electron chi connectivity index (χ3n) is 3.56. The Morgan fingerprint density at radius 2 is 1.81 bits per heavy atom. The van der Waals surface area contributed by atoms with Crippen LogP contribution in [0.5, 0.6) is 0 Å². The molecule has 0 spiro atoms. The van der Waals surface area contributed by atoms with Gasteiger partial charge in [0.05, 0.1) is 11.6 Å². The lowest BCUT2D eigenvalue weighted by molar-refractivity contribution is 0.616. The fourth-order valence-corrected chi connectivity index (χ4v) is 2.60. The minimum Gasteiger partial charge on any atom is -0.271 e. The van der Waals surface area contributed by atoms with Crippen LogP contribution in [0.25, 0.3) is 10.9 Å². The predicted octanol–water partition coefficient (Wildman–Crippen LogP) is 3.24. The molecule has 1 aromatic heterocycles. The Morgan fingerprint density at radius 3 is 2.52 bits per heavy atom. The SMILES string of the molecule is Cc1cc(C(NN)c2ccc(F)cc2)c2ccccc2n1. The van der Waals surface area contributed by atoms with E-state index in [-0.39, 0.29) is 11.9 Å². The van der Waals surface area contributed by atoms with Gasteiger partial charge in [-0.2, -0.15) is 0 Å². The number of rotatable bonds is 3. The first-order valence-corrected chi connectivity index (χ1v) is 6.77. The molecule has 3 N–H and O–H groups in total. The lowest BCUT2D eigenvalue weighted by atomic mass is 9.95. The molecule has 1 heterocycles. The average Bonchev–Trinajstić information content (AvgIpc) is 2.49. The first kappa shape index (κ1) is 13.7. The number of halogens is 1. The number of aromatic nitrogens is 1. The Morgan fingerprint density at radius 1 is 1.10 bits per heavy atom. The van der Waals surface area contributed by atoms with Gasteiger partial charge in [-0.15, -0.1) is 0 Å². The number of hydrazine groups is 1. The molecule has 0 aliphatic carbocycles. The highest BCUT2D eigenvalue weighted by atomic mass is 19.1. The van der Waals surface area contributed by atoms with Crippen molar-refractivity contribution in [3.63, 3.8) is 0 Å². The van der Waals surface area contributed by atoms with E-state index >= 15 is 0 Å². The topological polar surface area (TPSA) is 50.9 Å². The van der Waals surface area contributed by atoms with Crippen LogP contribution in [0.15, 0.2) is 54.6 Å². The molecule has 0 saturated carbocycles. The van der Waals surface area contributed by atoms with Crippen molar-refractivity contribution in [2.75, 3.05) is 0 Å². The van der Waals surface area contributed by atoms with Crippen molar-refractivity contribution < 1.29 is 4.39 Å². The van der Waals surface area contributed by atoms with Gasteiger partial charge in [0.2, 0.25) is 0 Å². The number of benzene rings is 2. The Labute approximate surface area is 122 Å². The fraction of sp³-hybridized carbons (Fsp3) is 0.118. The third-order valence-corrected chi connectivity index (χ3v) is 3.56. The highest BCUT2D eigenvalue weighted by molar-refractivity contribution is 5.83. The molecule has 3 nitrogen and oxygen atoms in total. The molecule has 2 aromatic carbocycles. The summed E-state index contributed by atoms with van der Waals surface area (Å²) in [5.41, 5.74) is 6.62. The summed E-state index contributed by atoms with van der Waals surface area (Å²) in [7, 11) is 0. The molecular formula is C17H16FN3. The number of aryl methyl sites for hydroxylation is 1. The van der Waals surface area contributed by atoms with Gasteiger partial charge in [-0.3, -0.25) is 10.8 Å².